The summed E-state index contributed by atoms with van der Waals surface area (Å²) in [4.78, 5) is 18.6. The molecule has 0 bridgehead atoms. The second kappa shape index (κ2) is 14.0. The molecule has 0 N–H and O–H groups in total. The van der Waals surface area contributed by atoms with Gasteiger partial charge in [-0.2, -0.15) is 0 Å². The molecular weight excluding hydrogens is 715 g/mol. The molecule has 3 aliphatic carbocycles. The number of para-hydroxylation sites is 1. The molecular formula is C52H39N3OS. The van der Waals surface area contributed by atoms with Crippen LogP contribution in [-0.4, -0.2) is 15.0 Å². The summed E-state index contributed by atoms with van der Waals surface area (Å²) in [6, 6.07) is 43.4. The summed E-state index contributed by atoms with van der Waals surface area (Å²) in [5, 5.41) is 1.17. The molecule has 11 rings (SSSR count). The molecule has 0 amide bonds. The number of thioether (sulfide) groups is 1. The van der Waals surface area contributed by atoms with Gasteiger partial charge in [-0.3, -0.25) is 0 Å². The van der Waals surface area contributed by atoms with E-state index in [9.17, 15) is 0 Å². The monoisotopic (exact) mass is 753 g/mol. The Bertz CT molecular complexity index is 2860. The van der Waals surface area contributed by atoms with Gasteiger partial charge < -0.3 is 4.42 Å². The Morgan fingerprint density at radius 3 is 2.32 bits per heavy atom. The second-order valence-corrected chi connectivity index (χ2v) is 16.6. The maximum atomic E-state index is 6.35. The number of nitrogens with zero attached hydrogens (tertiary/aromatic N) is 3. The van der Waals surface area contributed by atoms with E-state index in [0.29, 0.717) is 11.7 Å². The number of aromatic nitrogens is 3. The van der Waals surface area contributed by atoms with Crippen molar-refractivity contribution < 1.29 is 4.42 Å². The summed E-state index contributed by atoms with van der Waals surface area (Å²) >= 11 is 1.89. The Kier molecular flexibility index (Phi) is 8.36. The topological polar surface area (TPSA) is 51.8 Å². The maximum absolute atomic E-state index is 6.35. The summed E-state index contributed by atoms with van der Waals surface area (Å²) in [7, 11) is 0. The van der Waals surface area contributed by atoms with Crippen molar-refractivity contribution >= 4 is 34.4 Å². The van der Waals surface area contributed by atoms with Crippen LogP contribution in [0.1, 0.15) is 65.2 Å². The summed E-state index contributed by atoms with van der Waals surface area (Å²) in [5.74, 6) is 3.94. The van der Waals surface area contributed by atoms with Crippen LogP contribution in [-0.2, 0) is 6.42 Å². The van der Waals surface area contributed by atoms with Gasteiger partial charge in [0.05, 0.1) is 0 Å². The number of rotatable bonds is 6. The molecule has 0 saturated heterocycles. The van der Waals surface area contributed by atoms with Crippen molar-refractivity contribution in [2.75, 3.05) is 0 Å². The van der Waals surface area contributed by atoms with Crippen LogP contribution in [0, 0.1) is 5.92 Å². The summed E-state index contributed by atoms with van der Waals surface area (Å²) in [6.07, 6.45) is 19.8. The first kappa shape index (κ1) is 34.0. The fourth-order valence-electron chi connectivity index (χ4n) is 8.85. The van der Waals surface area contributed by atoms with Gasteiger partial charge in [0.15, 0.2) is 11.6 Å². The average molecular weight is 754 g/mol. The lowest BCUT2D eigenvalue weighted by molar-refractivity contribution is 0.532. The molecule has 57 heavy (non-hydrogen) atoms. The van der Waals surface area contributed by atoms with Gasteiger partial charge >= 0.3 is 0 Å². The predicted octanol–water partition coefficient (Wildman–Crippen LogP) is 13.4. The number of hydrogen-bond acceptors (Lipinski definition) is 5. The maximum Gasteiger partial charge on any atom is 0.163 e. The van der Waals surface area contributed by atoms with E-state index < -0.39 is 0 Å². The SMILES string of the molecule is CC1C=CC(c2nc(-c3cccc(C4C=Cc5c(oc6ccccc56)C4)c3)nc(C3C=CC=C4Sc5c(-c6ccccc6)cc(-c6ccccc6)cc5C43)n2)=CC1. The highest BCUT2D eigenvalue weighted by molar-refractivity contribution is 8.03. The molecule has 274 valence electrons. The number of hydrogen-bond donors (Lipinski definition) is 0. The van der Waals surface area contributed by atoms with Crippen LogP contribution in [0.4, 0.5) is 0 Å². The third-order valence-corrected chi connectivity index (χ3v) is 13.1. The minimum absolute atomic E-state index is 0.0723. The predicted molar refractivity (Wildman–Crippen MR) is 234 cm³/mol. The molecule has 0 fully saturated rings. The standard InChI is InChI=1S/C52H39N3OS/c1-32-22-24-35(25-23-32)50-53-51(38-17-10-16-36(28-38)37-26-27-41-40-18-8-9-20-45(40)56-46(41)31-37)55-52(54-50)42-19-11-21-47-48(42)44-30-39(33-12-4-2-5-13-33)29-43(49(44)57-47)34-14-6-3-7-15-34/h2-22,24-30,32,37,42,48H,23,31H2,1H3. The molecule has 0 spiro atoms. The first-order valence-electron chi connectivity index (χ1n) is 19.9. The Hall–Kier alpha value is -6.30. The summed E-state index contributed by atoms with van der Waals surface area (Å²) in [6.45, 7) is 2.25. The second-order valence-electron chi connectivity index (χ2n) is 15.5. The molecule has 5 aromatic carbocycles. The molecule has 4 atom stereocenters. The van der Waals surface area contributed by atoms with Crippen LogP contribution in [0.5, 0.6) is 0 Å². The first-order chi connectivity index (χ1) is 28.1. The third kappa shape index (κ3) is 6.14. The van der Waals surface area contributed by atoms with E-state index in [-0.39, 0.29) is 17.8 Å². The smallest absolute Gasteiger partial charge is 0.163 e. The Morgan fingerprint density at radius 2 is 1.47 bits per heavy atom. The van der Waals surface area contributed by atoms with Crippen molar-refractivity contribution in [3.8, 4) is 33.6 Å². The van der Waals surface area contributed by atoms with Crippen molar-refractivity contribution in [3.63, 3.8) is 0 Å². The largest absolute Gasteiger partial charge is 0.460 e. The third-order valence-electron chi connectivity index (χ3n) is 11.8. The molecule has 4 aliphatic rings. The Balaban J connectivity index is 1.02. The molecule has 4 nitrogen and oxygen atoms in total. The zero-order valence-corrected chi connectivity index (χ0v) is 32.4. The van der Waals surface area contributed by atoms with E-state index in [1.165, 1.54) is 54.1 Å². The van der Waals surface area contributed by atoms with Crippen LogP contribution in [0.3, 0.4) is 0 Å². The van der Waals surface area contributed by atoms with E-state index in [0.717, 1.165) is 47.0 Å². The van der Waals surface area contributed by atoms with Gasteiger partial charge in [0.25, 0.3) is 0 Å². The Morgan fingerprint density at radius 1 is 0.684 bits per heavy atom. The van der Waals surface area contributed by atoms with Crippen LogP contribution >= 0.6 is 11.8 Å². The van der Waals surface area contributed by atoms with Gasteiger partial charge in [-0.15, -0.1) is 0 Å². The zero-order valence-electron chi connectivity index (χ0n) is 31.5. The van der Waals surface area contributed by atoms with Crippen LogP contribution < -0.4 is 0 Å². The van der Waals surface area contributed by atoms with Crippen LogP contribution in [0.15, 0.2) is 178 Å². The average Bonchev–Trinajstić information content (AvgIpc) is 3.85. The van der Waals surface area contributed by atoms with Gasteiger partial charge in [-0.25, -0.2) is 15.0 Å². The molecule has 1 aliphatic heterocycles. The number of benzene rings is 5. The van der Waals surface area contributed by atoms with Crippen molar-refractivity contribution in [1.29, 1.82) is 0 Å². The van der Waals surface area contributed by atoms with E-state index in [4.69, 9.17) is 19.4 Å². The van der Waals surface area contributed by atoms with Crippen molar-refractivity contribution in [1.82, 2.24) is 15.0 Å². The van der Waals surface area contributed by atoms with Gasteiger partial charge in [0.1, 0.15) is 17.2 Å². The fraction of sp³-hybridized carbons (Fsp3) is 0.135. The quantitative estimate of drug-likeness (QED) is 0.169. The van der Waals surface area contributed by atoms with E-state index in [2.05, 4.69) is 171 Å². The van der Waals surface area contributed by atoms with E-state index in [1.54, 1.807) is 0 Å². The summed E-state index contributed by atoms with van der Waals surface area (Å²) in [5.41, 5.74) is 11.6. The normalized spacial score (nSPS) is 20.5. The van der Waals surface area contributed by atoms with E-state index in [1.807, 2.05) is 17.8 Å². The first-order valence-corrected chi connectivity index (χ1v) is 20.7. The van der Waals surface area contributed by atoms with E-state index >= 15 is 0 Å². The van der Waals surface area contributed by atoms with Gasteiger partial charge in [-0.1, -0.05) is 164 Å². The van der Waals surface area contributed by atoms with Crippen molar-refractivity contribution in [2.45, 2.75) is 42.4 Å². The lowest BCUT2D eigenvalue weighted by Crippen LogP contribution is -2.16. The highest BCUT2D eigenvalue weighted by Crippen LogP contribution is 2.59. The molecule has 4 unspecified atom stereocenters. The van der Waals surface area contributed by atoms with Crippen LogP contribution in [0.25, 0.3) is 56.3 Å². The van der Waals surface area contributed by atoms with Crippen LogP contribution in [0.2, 0.25) is 0 Å². The van der Waals surface area contributed by atoms with Crippen molar-refractivity contribution in [2.24, 2.45) is 5.92 Å². The minimum Gasteiger partial charge on any atom is -0.460 e. The molecule has 5 heteroatoms. The highest BCUT2D eigenvalue weighted by Gasteiger charge is 2.39. The molecule has 0 saturated carbocycles. The fourth-order valence-corrected chi connectivity index (χ4v) is 10.2. The number of allylic oxidation sites excluding steroid dienone is 9. The molecule has 3 heterocycles. The van der Waals surface area contributed by atoms with Gasteiger partial charge in [0.2, 0.25) is 0 Å². The van der Waals surface area contributed by atoms with Gasteiger partial charge in [0, 0.05) is 51.2 Å². The van der Waals surface area contributed by atoms with Crippen molar-refractivity contribution in [3.05, 3.63) is 203 Å². The zero-order chi connectivity index (χ0) is 37.9. The number of furan rings is 1. The lowest BCUT2D eigenvalue weighted by atomic mass is 9.80. The minimum atomic E-state index is -0.0723. The number of fused-ring (bicyclic) bond motifs is 6. The Labute approximate surface area is 337 Å². The highest BCUT2D eigenvalue weighted by atomic mass is 32.2. The lowest BCUT2D eigenvalue weighted by Gasteiger charge is -2.25. The summed E-state index contributed by atoms with van der Waals surface area (Å²) < 4.78 is 6.35. The molecule has 7 aromatic rings. The molecule has 0 radical (unpaired) electrons. The van der Waals surface area contributed by atoms with Gasteiger partial charge in [-0.05, 0) is 74.9 Å². The molecule has 2 aromatic heterocycles.